The van der Waals surface area contributed by atoms with Gasteiger partial charge in [0, 0.05) is 12.6 Å². The van der Waals surface area contributed by atoms with Crippen LogP contribution >= 0.6 is 0 Å². The molecule has 1 aromatic carbocycles. The van der Waals surface area contributed by atoms with E-state index in [1.165, 1.54) is 24.8 Å². The third-order valence-corrected chi connectivity index (χ3v) is 4.35. The monoisotopic (exact) mass is 277 g/mol. The van der Waals surface area contributed by atoms with Crippen molar-refractivity contribution in [1.82, 2.24) is 0 Å². The Labute approximate surface area is 120 Å². The summed E-state index contributed by atoms with van der Waals surface area (Å²) < 4.78 is 16.7. The molecule has 1 saturated carbocycles. The topological polar surface area (TPSA) is 53.7 Å². The van der Waals surface area contributed by atoms with Crippen LogP contribution in [0.25, 0.3) is 0 Å². The van der Waals surface area contributed by atoms with Crippen LogP contribution in [0.15, 0.2) is 12.1 Å². The van der Waals surface area contributed by atoms with E-state index in [2.05, 4.69) is 6.07 Å². The Bertz CT molecular complexity index is 481. The zero-order chi connectivity index (χ0) is 14.0. The normalized spacial score (nSPS) is 20.7. The van der Waals surface area contributed by atoms with Gasteiger partial charge in [0.15, 0.2) is 11.5 Å². The molecule has 0 unspecified atom stereocenters. The SMILES string of the molecule is COCc1cc2c(cc1C1(N)CCCCC1)OCCO2. The van der Waals surface area contributed by atoms with E-state index in [4.69, 9.17) is 19.9 Å². The van der Waals surface area contributed by atoms with E-state index >= 15 is 0 Å². The van der Waals surface area contributed by atoms with Gasteiger partial charge in [-0.1, -0.05) is 19.3 Å². The molecule has 1 aliphatic heterocycles. The fourth-order valence-electron chi connectivity index (χ4n) is 3.32. The van der Waals surface area contributed by atoms with Crippen molar-refractivity contribution in [2.24, 2.45) is 5.73 Å². The van der Waals surface area contributed by atoms with E-state index in [0.717, 1.165) is 29.9 Å². The Balaban J connectivity index is 2.02. The Morgan fingerprint density at radius 3 is 2.40 bits per heavy atom. The summed E-state index contributed by atoms with van der Waals surface area (Å²) in [4.78, 5) is 0. The van der Waals surface area contributed by atoms with Crippen LogP contribution in [0.2, 0.25) is 0 Å². The number of fused-ring (bicyclic) bond motifs is 1. The lowest BCUT2D eigenvalue weighted by Gasteiger charge is -2.36. The van der Waals surface area contributed by atoms with Gasteiger partial charge in [-0.15, -0.1) is 0 Å². The van der Waals surface area contributed by atoms with Crippen molar-refractivity contribution in [3.05, 3.63) is 23.3 Å². The quantitative estimate of drug-likeness (QED) is 0.923. The van der Waals surface area contributed by atoms with Crippen LogP contribution in [0, 0.1) is 0 Å². The molecule has 0 radical (unpaired) electrons. The van der Waals surface area contributed by atoms with E-state index < -0.39 is 0 Å². The number of hydrogen-bond donors (Lipinski definition) is 1. The molecule has 0 saturated heterocycles. The van der Waals surface area contributed by atoms with Gasteiger partial charge in [0.05, 0.1) is 6.61 Å². The summed E-state index contributed by atoms with van der Waals surface area (Å²) in [6.45, 7) is 1.77. The van der Waals surface area contributed by atoms with Gasteiger partial charge in [-0.25, -0.2) is 0 Å². The maximum Gasteiger partial charge on any atom is 0.161 e. The van der Waals surface area contributed by atoms with Crippen molar-refractivity contribution < 1.29 is 14.2 Å². The molecular weight excluding hydrogens is 254 g/mol. The highest BCUT2D eigenvalue weighted by Gasteiger charge is 2.33. The average Bonchev–Trinajstić information content (AvgIpc) is 2.47. The fraction of sp³-hybridized carbons (Fsp3) is 0.625. The molecule has 0 atom stereocenters. The second-order valence-corrected chi connectivity index (χ2v) is 5.80. The molecule has 4 heteroatoms. The van der Waals surface area contributed by atoms with Crippen LogP contribution in [0.1, 0.15) is 43.2 Å². The lowest BCUT2D eigenvalue weighted by atomic mass is 9.75. The highest BCUT2D eigenvalue weighted by atomic mass is 16.6. The fourth-order valence-corrected chi connectivity index (χ4v) is 3.32. The number of hydrogen-bond acceptors (Lipinski definition) is 4. The molecule has 0 amide bonds. The molecule has 1 aromatic rings. The van der Waals surface area contributed by atoms with E-state index in [1.54, 1.807) is 7.11 Å². The van der Waals surface area contributed by atoms with Crippen molar-refractivity contribution in [3.63, 3.8) is 0 Å². The molecule has 0 aromatic heterocycles. The van der Waals surface area contributed by atoms with Crippen molar-refractivity contribution >= 4 is 0 Å². The molecule has 4 nitrogen and oxygen atoms in total. The first kappa shape index (κ1) is 13.7. The molecule has 1 heterocycles. The van der Waals surface area contributed by atoms with Crippen LogP contribution in [0.3, 0.4) is 0 Å². The lowest BCUT2D eigenvalue weighted by molar-refractivity contribution is 0.164. The number of methoxy groups -OCH3 is 1. The lowest BCUT2D eigenvalue weighted by Crippen LogP contribution is -2.39. The van der Waals surface area contributed by atoms with Gasteiger partial charge in [0.25, 0.3) is 0 Å². The largest absolute Gasteiger partial charge is 0.486 e. The standard InChI is InChI=1S/C16H23NO3/c1-18-11-12-9-14-15(20-8-7-19-14)10-13(12)16(17)5-3-2-4-6-16/h9-10H,2-8,11,17H2,1H3. The van der Waals surface area contributed by atoms with Crippen molar-refractivity contribution in [1.29, 1.82) is 0 Å². The molecule has 20 heavy (non-hydrogen) atoms. The number of nitrogens with two attached hydrogens (primary N) is 1. The molecule has 110 valence electrons. The zero-order valence-corrected chi connectivity index (χ0v) is 12.1. The van der Waals surface area contributed by atoms with Crippen molar-refractivity contribution in [2.75, 3.05) is 20.3 Å². The van der Waals surface area contributed by atoms with Crippen LogP contribution in [0.4, 0.5) is 0 Å². The minimum Gasteiger partial charge on any atom is -0.486 e. The predicted molar refractivity (Wildman–Crippen MR) is 77.1 cm³/mol. The molecular formula is C16H23NO3. The maximum absolute atomic E-state index is 6.69. The Hall–Kier alpha value is -1.26. The Morgan fingerprint density at radius 1 is 1.10 bits per heavy atom. The molecule has 0 spiro atoms. The number of rotatable bonds is 3. The van der Waals surface area contributed by atoms with Crippen LogP contribution in [-0.2, 0) is 16.9 Å². The first-order chi connectivity index (χ1) is 9.73. The summed E-state index contributed by atoms with van der Waals surface area (Å²) >= 11 is 0. The van der Waals surface area contributed by atoms with Crippen LogP contribution in [0.5, 0.6) is 11.5 Å². The van der Waals surface area contributed by atoms with Crippen molar-refractivity contribution in [2.45, 2.75) is 44.2 Å². The van der Waals surface area contributed by atoms with E-state index in [-0.39, 0.29) is 5.54 Å². The maximum atomic E-state index is 6.69. The summed E-state index contributed by atoms with van der Waals surface area (Å²) in [7, 11) is 1.71. The third kappa shape index (κ3) is 2.50. The minimum atomic E-state index is -0.248. The Morgan fingerprint density at radius 2 is 1.75 bits per heavy atom. The first-order valence-electron chi connectivity index (χ1n) is 7.44. The molecule has 1 aliphatic carbocycles. The van der Waals surface area contributed by atoms with Gasteiger partial charge in [-0.3, -0.25) is 0 Å². The molecule has 0 bridgehead atoms. The van der Waals surface area contributed by atoms with E-state index in [1.807, 2.05) is 6.07 Å². The highest BCUT2D eigenvalue weighted by molar-refractivity contribution is 5.50. The first-order valence-corrected chi connectivity index (χ1v) is 7.44. The van der Waals surface area contributed by atoms with Crippen LogP contribution < -0.4 is 15.2 Å². The summed E-state index contributed by atoms with van der Waals surface area (Å²) in [6, 6.07) is 4.12. The smallest absolute Gasteiger partial charge is 0.161 e. The van der Waals surface area contributed by atoms with Crippen LogP contribution in [-0.4, -0.2) is 20.3 Å². The van der Waals surface area contributed by atoms with Gasteiger partial charge in [-0.2, -0.15) is 0 Å². The number of ether oxygens (including phenoxy) is 3. The zero-order valence-electron chi connectivity index (χ0n) is 12.1. The summed E-state index contributed by atoms with van der Waals surface area (Å²) in [5.41, 5.74) is 8.74. The second-order valence-electron chi connectivity index (χ2n) is 5.80. The molecule has 3 rings (SSSR count). The van der Waals surface area contributed by atoms with Gasteiger partial charge in [-0.05, 0) is 36.1 Å². The summed E-state index contributed by atoms with van der Waals surface area (Å²) in [5.74, 6) is 1.63. The van der Waals surface area contributed by atoms with Gasteiger partial charge in [0.2, 0.25) is 0 Å². The van der Waals surface area contributed by atoms with Gasteiger partial charge >= 0.3 is 0 Å². The predicted octanol–water partition coefficient (Wildman–Crippen LogP) is 2.72. The van der Waals surface area contributed by atoms with Gasteiger partial charge in [0.1, 0.15) is 13.2 Å². The third-order valence-electron chi connectivity index (χ3n) is 4.35. The molecule has 2 aliphatic rings. The summed E-state index contributed by atoms with van der Waals surface area (Å²) in [6.07, 6.45) is 5.73. The Kier molecular flexibility index (Phi) is 3.85. The van der Waals surface area contributed by atoms with E-state index in [0.29, 0.717) is 19.8 Å². The minimum absolute atomic E-state index is 0.248. The second kappa shape index (κ2) is 5.62. The van der Waals surface area contributed by atoms with E-state index in [9.17, 15) is 0 Å². The molecule has 2 N–H and O–H groups in total. The van der Waals surface area contributed by atoms with Crippen molar-refractivity contribution in [3.8, 4) is 11.5 Å². The van der Waals surface area contributed by atoms with Gasteiger partial charge < -0.3 is 19.9 Å². The molecule has 1 fully saturated rings. The average molecular weight is 277 g/mol. The highest BCUT2D eigenvalue weighted by Crippen LogP contribution is 2.42. The number of benzene rings is 1. The summed E-state index contributed by atoms with van der Waals surface area (Å²) in [5, 5.41) is 0.